The Labute approximate surface area is 133 Å². The Bertz CT molecular complexity index is 468. The highest BCUT2D eigenvalue weighted by atomic mass is 16.2. The van der Waals surface area contributed by atoms with Gasteiger partial charge < -0.3 is 31.8 Å². The molecule has 0 aromatic heterocycles. The van der Waals surface area contributed by atoms with Crippen molar-refractivity contribution in [3.05, 3.63) is 0 Å². The predicted octanol–water partition coefficient (Wildman–Crippen LogP) is -3.23. The van der Waals surface area contributed by atoms with Crippen molar-refractivity contribution < 1.29 is 24.0 Å². The fraction of sp³-hybridized carbons (Fsp3) is 0.615. The molecule has 4 amide bonds. The highest BCUT2D eigenvalue weighted by Gasteiger charge is 2.19. The van der Waals surface area contributed by atoms with Crippen LogP contribution in [-0.4, -0.2) is 61.1 Å². The van der Waals surface area contributed by atoms with Gasteiger partial charge in [0.05, 0.1) is 19.1 Å². The quantitative estimate of drug-likeness (QED) is 0.280. The minimum Gasteiger partial charge on any atom is -0.345 e. The summed E-state index contributed by atoms with van der Waals surface area (Å²) in [5, 5.41) is 9.39. The lowest BCUT2D eigenvalue weighted by molar-refractivity contribution is -0.131. The lowest BCUT2D eigenvalue weighted by Gasteiger charge is -2.17. The third-order valence-corrected chi connectivity index (χ3v) is 2.72. The number of carbonyl (C=O) groups excluding carboxylic acids is 5. The van der Waals surface area contributed by atoms with Crippen LogP contribution in [0.15, 0.2) is 0 Å². The van der Waals surface area contributed by atoms with Crippen LogP contribution in [-0.2, 0) is 24.0 Å². The Balaban J connectivity index is 4.19. The number of aldehydes is 1. The van der Waals surface area contributed by atoms with Gasteiger partial charge in [-0.15, -0.1) is 0 Å². The van der Waals surface area contributed by atoms with Gasteiger partial charge in [0, 0.05) is 0 Å². The first-order valence-electron chi connectivity index (χ1n) is 7.03. The molecule has 0 aliphatic rings. The fourth-order valence-electron chi connectivity index (χ4n) is 1.43. The van der Waals surface area contributed by atoms with Gasteiger partial charge in [0.1, 0.15) is 18.4 Å². The minimum atomic E-state index is -0.865. The van der Waals surface area contributed by atoms with E-state index in [2.05, 4.69) is 21.3 Å². The van der Waals surface area contributed by atoms with Gasteiger partial charge in [-0.2, -0.15) is 0 Å². The van der Waals surface area contributed by atoms with Gasteiger partial charge in [0.25, 0.3) is 0 Å². The zero-order chi connectivity index (χ0) is 18.0. The van der Waals surface area contributed by atoms with Crippen LogP contribution in [0.3, 0.4) is 0 Å². The third-order valence-electron chi connectivity index (χ3n) is 2.72. The second-order valence-corrected chi connectivity index (χ2v) is 4.93. The molecule has 3 atom stereocenters. The molecule has 0 spiro atoms. The van der Waals surface area contributed by atoms with Crippen molar-refractivity contribution in [2.75, 3.05) is 13.1 Å². The topological polar surface area (TPSA) is 159 Å². The molecule has 0 unspecified atom stereocenters. The van der Waals surface area contributed by atoms with Crippen LogP contribution in [0.2, 0.25) is 0 Å². The Morgan fingerprint density at radius 2 is 1.43 bits per heavy atom. The molecule has 0 aromatic carbocycles. The van der Waals surface area contributed by atoms with Crippen molar-refractivity contribution >= 4 is 29.9 Å². The largest absolute Gasteiger partial charge is 0.345 e. The number of amides is 4. The molecule has 10 nitrogen and oxygen atoms in total. The number of nitrogens with two attached hydrogens (primary N) is 1. The zero-order valence-corrected chi connectivity index (χ0v) is 13.3. The molecule has 0 aromatic rings. The Kier molecular flexibility index (Phi) is 9.16. The number of rotatable bonds is 9. The highest BCUT2D eigenvalue weighted by molar-refractivity contribution is 5.92. The first-order chi connectivity index (χ1) is 10.7. The Morgan fingerprint density at radius 3 is 1.96 bits per heavy atom. The summed E-state index contributed by atoms with van der Waals surface area (Å²) in [4.78, 5) is 56.4. The molecule has 10 heteroatoms. The Hall–Kier alpha value is -2.49. The summed E-state index contributed by atoms with van der Waals surface area (Å²) in [7, 11) is 0. The SMILES string of the molecule is C[C@H](NC(=O)CN)C(=O)NCC(=O)N[C@@H](C)C(=O)N[C@@H](C)C=O. The number of hydrogen-bond donors (Lipinski definition) is 5. The molecule has 0 bridgehead atoms. The van der Waals surface area contributed by atoms with Crippen LogP contribution in [0.1, 0.15) is 20.8 Å². The summed E-state index contributed by atoms with van der Waals surface area (Å²) in [5.41, 5.74) is 5.10. The maximum absolute atomic E-state index is 11.6. The van der Waals surface area contributed by atoms with E-state index in [0.29, 0.717) is 6.29 Å². The number of nitrogens with one attached hydrogen (secondary N) is 4. The van der Waals surface area contributed by atoms with E-state index in [1.807, 2.05) is 0 Å². The zero-order valence-electron chi connectivity index (χ0n) is 13.3. The molecule has 0 saturated carbocycles. The van der Waals surface area contributed by atoms with Crippen molar-refractivity contribution in [1.82, 2.24) is 21.3 Å². The van der Waals surface area contributed by atoms with Crippen molar-refractivity contribution in [2.45, 2.75) is 38.9 Å². The smallest absolute Gasteiger partial charge is 0.242 e. The first-order valence-corrected chi connectivity index (χ1v) is 7.03. The molecule has 0 heterocycles. The van der Waals surface area contributed by atoms with Crippen LogP contribution >= 0.6 is 0 Å². The molecule has 23 heavy (non-hydrogen) atoms. The molecule has 130 valence electrons. The molecular formula is C13H23N5O5. The van der Waals surface area contributed by atoms with Crippen molar-refractivity contribution in [3.63, 3.8) is 0 Å². The highest BCUT2D eigenvalue weighted by Crippen LogP contribution is 1.86. The van der Waals surface area contributed by atoms with Crippen molar-refractivity contribution in [3.8, 4) is 0 Å². The predicted molar refractivity (Wildman–Crippen MR) is 80.9 cm³/mol. The minimum absolute atomic E-state index is 0.246. The fourth-order valence-corrected chi connectivity index (χ4v) is 1.43. The average Bonchev–Trinajstić information content (AvgIpc) is 2.51. The maximum Gasteiger partial charge on any atom is 0.242 e. The van der Waals surface area contributed by atoms with E-state index in [1.165, 1.54) is 20.8 Å². The normalized spacial score (nSPS) is 13.9. The van der Waals surface area contributed by atoms with Crippen LogP contribution in [0.25, 0.3) is 0 Å². The number of hydrogen-bond acceptors (Lipinski definition) is 6. The van der Waals surface area contributed by atoms with E-state index in [-0.39, 0.29) is 13.1 Å². The van der Waals surface area contributed by atoms with E-state index < -0.39 is 41.8 Å². The molecule has 6 N–H and O–H groups in total. The number of carbonyl (C=O) groups is 5. The standard InChI is InChI=1S/C13H23N5O5/c1-7(6-19)16-13(23)9(3)18-11(21)5-15-12(22)8(2)17-10(20)4-14/h6-9H,4-5,14H2,1-3H3,(H,15,22)(H,16,23)(H,17,20)(H,18,21)/t7-,8-,9-/m0/s1. The molecule has 0 aliphatic carbocycles. The summed E-state index contributed by atoms with van der Waals surface area (Å²) in [5.74, 6) is -2.16. The lowest BCUT2D eigenvalue weighted by Crippen LogP contribution is -2.52. The second-order valence-electron chi connectivity index (χ2n) is 4.93. The van der Waals surface area contributed by atoms with Gasteiger partial charge in [0.2, 0.25) is 23.6 Å². The molecular weight excluding hydrogens is 306 g/mol. The van der Waals surface area contributed by atoms with E-state index in [1.54, 1.807) is 0 Å². The van der Waals surface area contributed by atoms with Crippen LogP contribution in [0.5, 0.6) is 0 Å². The van der Waals surface area contributed by atoms with Crippen LogP contribution < -0.4 is 27.0 Å². The molecule has 0 radical (unpaired) electrons. The van der Waals surface area contributed by atoms with Crippen molar-refractivity contribution in [1.29, 1.82) is 0 Å². The van der Waals surface area contributed by atoms with E-state index in [9.17, 15) is 24.0 Å². The summed E-state index contributed by atoms with van der Waals surface area (Å²) in [6.07, 6.45) is 0.559. The maximum atomic E-state index is 11.6. The third kappa shape index (κ3) is 8.51. The monoisotopic (exact) mass is 329 g/mol. The summed E-state index contributed by atoms with van der Waals surface area (Å²) in [6.45, 7) is 3.78. The van der Waals surface area contributed by atoms with E-state index in [0.717, 1.165) is 0 Å². The molecule has 0 rings (SSSR count). The van der Waals surface area contributed by atoms with Crippen LogP contribution in [0, 0.1) is 0 Å². The van der Waals surface area contributed by atoms with E-state index in [4.69, 9.17) is 5.73 Å². The molecule has 0 fully saturated rings. The Morgan fingerprint density at radius 1 is 0.913 bits per heavy atom. The van der Waals surface area contributed by atoms with Crippen LogP contribution in [0.4, 0.5) is 0 Å². The molecule has 0 aliphatic heterocycles. The second kappa shape index (κ2) is 10.3. The summed E-state index contributed by atoms with van der Waals surface area (Å²) in [6, 6.07) is -2.36. The van der Waals surface area contributed by atoms with Crippen molar-refractivity contribution in [2.24, 2.45) is 5.73 Å². The summed E-state index contributed by atoms with van der Waals surface area (Å²) < 4.78 is 0. The lowest BCUT2D eigenvalue weighted by atomic mass is 10.2. The van der Waals surface area contributed by atoms with E-state index >= 15 is 0 Å². The van der Waals surface area contributed by atoms with Gasteiger partial charge in [-0.25, -0.2) is 0 Å². The molecule has 0 saturated heterocycles. The summed E-state index contributed by atoms with van der Waals surface area (Å²) >= 11 is 0. The van der Waals surface area contributed by atoms with Gasteiger partial charge in [0.15, 0.2) is 0 Å². The van der Waals surface area contributed by atoms with Gasteiger partial charge in [-0.05, 0) is 20.8 Å². The van der Waals surface area contributed by atoms with Gasteiger partial charge in [-0.3, -0.25) is 19.2 Å². The van der Waals surface area contributed by atoms with Gasteiger partial charge >= 0.3 is 0 Å². The van der Waals surface area contributed by atoms with Gasteiger partial charge in [-0.1, -0.05) is 0 Å². The average molecular weight is 329 g/mol. The first kappa shape index (κ1) is 20.5.